The molecule has 0 spiro atoms. The van der Waals surface area contributed by atoms with E-state index in [2.05, 4.69) is 29.5 Å². The summed E-state index contributed by atoms with van der Waals surface area (Å²) in [6.45, 7) is 5.66. The minimum atomic E-state index is -4.01. The molecule has 5 rings (SSSR count). The monoisotopic (exact) mass is 616 g/mol. The Kier molecular flexibility index (Phi) is 9.23. The normalized spacial score (nSPS) is 30.2. The Morgan fingerprint density at radius 1 is 1.19 bits per heavy atom. The van der Waals surface area contributed by atoms with E-state index in [1.54, 1.807) is 30.4 Å². The molecule has 2 aliphatic heterocycles. The molecule has 2 aromatic carbocycles. The molecular formula is C32H41ClN2O6S. The van der Waals surface area contributed by atoms with Crippen molar-refractivity contribution >= 4 is 33.2 Å². The standard InChI is InChI=1S/C32H41ClN2O6S/c1-3-5-22-14-25(33)10-12-27(22)32(2)19-35-16-24-8-11-26(24)29(37)7-4-6-21(17-36)18-42(39,40)34-31(38)23-9-13-30(41-20-32)28(35)15-23/h4,7,9-10,12-15,21,24,26,29,36-37H,3,5-6,8,11,16-20H2,1-2H3,(H,34,38)/b7-4+/t21-,24-,26+,29+,32-/m0/s1. The summed E-state index contributed by atoms with van der Waals surface area (Å²) < 4.78 is 34.3. The molecule has 10 heteroatoms. The number of aryl methyl sites for hydroxylation is 1. The van der Waals surface area contributed by atoms with Gasteiger partial charge in [0.25, 0.3) is 5.91 Å². The molecule has 1 amide bonds. The second-order valence-corrected chi connectivity index (χ2v) is 14.6. The third kappa shape index (κ3) is 6.64. The molecule has 0 saturated heterocycles. The largest absolute Gasteiger partial charge is 0.490 e. The minimum Gasteiger partial charge on any atom is -0.490 e. The number of nitrogens with one attached hydrogen (secondary N) is 1. The first-order chi connectivity index (χ1) is 20.0. The van der Waals surface area contributed by atoms with Gasteiger partial charge in [0.05, 0.1) is 24.2 Å². The first kappa shape index (κ1) is 30.9. The van der Waals surface area contributed by atoms with Gasteiger partial charge < -0.3 is 19.8 Å². The predicted octanol–water partition coefficient (Wildman–Crippen LogP) is 4.46. The molecule has 2 bridgehead atoms. The van der Waals surface area contributed by atoms with Crippen LogP contribution in [0.1, 0.15) is 61.0 Å². The van der Waals surface area contributed by atoms with Crippen LogP contribution < -0.4 is 14.4 Å². The smallest absolute Gasteiger partial charge is 0.264 e. The summed E-state index contributed by atoms with van der Waals surface area (Å²) in [6.07, 6.45) is 6.81. The van der Waals surface area contributed by atoms with Crippen LogP contribution in [0.4, 0.5) is 5.69 Å². The Labute approximate surface area is 253 Å². The van der Waals surface area contributed by atoms with E-state index >= 15 is 0 Å². The van der Waals surface area contributed by atoms with E-state index < -0.39 is 39.1 Å². The van der Waals surface area contributed by atoms with Gasteiger partial charge >= 0.3 is 0 Å². The third-order valence-electron chi connectivity index (χ3n) is 9.02. The lowest BCUT2D eigenvalue weighted by Crippen LogP contribution is -2.47. The molecule has 42 heavy (non-hydrogen) atoms. The summed E-state index contributed by atoms with van der Waals surface area (Å²) in [5, 5.41) is 21.5. The number of hydrogen-bond donors (Lipinski definition) is 3. The number of carbonyl (C=O) groups is 1. The Morgan fingerprint density at radius 2 is 2.00 bits per heavy atom. The number of nitrogens with zero attached hydrogens (tertiary/aromatic N) is 1. The molecule has 1 fully saturated rings. The molecule has 1 aliphatic carbocycles. The van der Waals surface area contributed by atoms with Gasteiger partial charge in [0.15, 0.2) is 0 Å². The van der Waals surface area contributed by atoms with Crippen LogP contribution in [0.5, 0.6) is 5.75 Å². The van der Waals surface area contributed by atoms with E-state index in [9.17, 15) is 23.4 Å². The van der Waals surface area contributed by atoms with Crippen LogP contribution in [0.25, 0.3) is 0 Å². The van der Waals surface area contributed by atoms with Crippen molar-refractivity contribution in [3.63, 3.8) is 0 Å². The molecule has 1 saturated carbocycles. The fourth-order valence-electron chi connectivity index (χ4n) is 6.62. The number of fused-ring (bicyclic) bond motifs is 2. The molecular weight excluding hydrogens is 576 g/mol. The molecule has 3 aliphatic rings. The van der Waals surface area contributed by atoms with Gasteiger partial charge in [-0.25, -0.2) is 13.1 Å². The van der Waals surface area contributed by atoms with Gasteiger partial charge in [0, 0.05) is 41.6 Å². The van der Waals surface area contributed by atoms with Crippen LogP contribution in [-0.2, 0) is 21.9 Å². The fourth-order valence-corrected chi connectivity index (χ4v) is 8.17. The number of anilines is 1. The van der Waals surface area contributed by atoms with Crippen molar-refractivity contribution < 1.29 is 28.2 Å². The first-order valence-corrected chi connectivity index (χ1v) is 16.9. The summed E-state index contributed by atoms with van der Waals surface area (Å²) in [6, 6.07) is 11.1. The maximum Gasteiger partial charge on any atom is 0.264 e. The number of benzene rings is 2. The van der Waals surface area contributed by atoms with Crippen molar-refractivity contribution in [3.8, 4) is 5.75 Å². The fraction of sp³-hybridized carbons (Fsp3) is 0.531. The third-order valence-corrected chi connectivity index (χ3v) is 10.7. The van der Waals surface area contributed by atoms with Crippen molar-refractivity contribution in [2.24, 2.45) is 17.8 Å². The van der Waals surface area contributed by atoms with Crippen molar-refractivity contribution in [1.82, 2.24) is 4.72 Å². The number of rotatable bonds is 4. The van der Waals surface area contributed by atoms with Crippen LogP contribution in [0.2, 0.25) is 5.02 Å². The number of aliphatic hydroxyl groups excluding tert-OH is 2. The van der Waals surface area contributed by atoms with Gasteiger partial charge in [-0.15, -0.1) is 0 Å². The van der Waals surface area contributed by atoms with E-state index in [0.717, 1.165) is 31.4 Å². The molecule has 2 heterocycles. The lowest BCUT2D eigenvalue weighted by Gasteiger charge is -2.44. The van der Waals surface area contributed by atoms with Gasteiger partial charge in [-0.1, -0.05) is 50.1 Å². The highest BCUT2D eigenvalue weighted by atomic mass is 35.5. The zero-order valence-electron chi connectivity index (χ0n) is 24.3. The van der Waals surface area contributed by atoms with Gasteiger partial charge in [-0.3, -0.25) is 4.79 Å². The van der Waals surface area contributed by atoms with Crippen LogP contribution in [0.3, 0.4) is 0 Å². The van der Waals surface area contributed by atoms with Crippen molar-refractivity contribution in [2.75, 3.05) is 37.0 Å². The van der Waals surface area contributed by atoms with Crippen molar-refractivity contribution in [1.29, 1.82) is 0 Å². The van der Waals surface area contributed by atoms with Crippen LogP contribution in [0, 0.1) is 17.8 Å². The van der Waals surface area contributed by atoms with Crippen LogP contribution >= 0.6 is 11.6 Å². The average molecular weight is 617 g/mol. The number of amides is 1. The van der Waals surface area contributed by atoms with Gasteiger partial charge in [-0.05, 0) is 79.0 Å². The quantitative estimate of drug-likeness (QED) is 0.434. The lowest BCUT2D eigenvalue weighted by atomic mass is 9.70. The highest BCUT2D eigenvalue weighted by Crippen LogP contribution is 2.44. The minimum absolute atomic E-state index is 0.0574. The molecule has 3 N–H and O–H groups in total. The first-order valence-electron chi connectivity index (χ1n) is 14.8. The van der Waals surface area contributed by atoms with Crippen molar-refractivity contribution in [2.45, 2.75) is 57.5 Å². The summed E-state index contributed by atoms with van der Waals surface area (Å²) in [4.78, 5) is 15.4. The van der Waals surface area contributed by atoms with Crippen LogP contribution in [-0.4, -0.2) is 62.7 Å². The highest BCUT2D eigenvalue weighted by molar-refractivity contribution is 7.90. The number of aliphatic hydroxyl groups is 2. The maximum absolute atomic E-state index is 13.2. The predicted molar refractivity (Wildman–Crippen MR) is 165 cm³/mol. The second-order valence-electron chi connectivity index (χ2n) is 12.4. The van der Waals surface area contributed by atoms with Gasteiger partial charge in [0.1, 0.15) is 5.75 Å². The summed E-state index contributed by atoms with van der Waals surface area (Å²) in [5.74, 6) is -0.808. The zero-order chi connectivity index (χ0) is 30.1. The van der Waals surface area contributed by atoms with Crippen LogP contribution in [0.15, 0.2) is 48.6 Å². The Balaban J connectivity index is 1.56. The molecule has 0 unspecified atom stereocenters. The Hall–Kier alpha value is -2.59. The summed E-state index contributed by atoms with van der Waals surface area (Å²) in [7, 11) is -4.01. The van der Waals surface area contributed by atoms with E-state index in [1.807, 2.05) is 12.1 Å². The van der Waals surface area contributed by atoms with Crippen molar-refractivity contribution in [3.05, 3.63) is 70.3 Å². The van der Waals surface area contributed by atoms with E-state index in [0.29, 0.717) is 30.5 Å². The van der Waals surface area contributed by atoms with Gasteiger partial charge in [-0.2, -0.15) is 0 Å². The number of hydrogen-bond acceptors (Lipinski definition) is 7. The van der Waals surface area contributed by atoms with E-state index in [1.165, 1.54) is 11.1 Å². The number of ether oxygens (including phenoxy) is 1. The maximum atomic E-state index is 13.2. The second kappa shape index (κ2) is 12.6. The SMILES string of the molecule is CCCc1cc(Cl)ccc1[C@]1(C)COc2ccc3cc2N(C[C@@H]2CC[C@H]2[C@H](O)/C=C/C[C@@H](CO)CS(=O)(=O)NC3=O)C1. The highest BCUT2D eigenvalue weighted by Gasteiger charge is 2.41. The molecule has 8 nitrogen and oxygen atoms in total. The summed E-state index contributed by atoms with van der Waals surface area (Å²) >= 11 is 6.40. The molecule has 0 aromatic heterocycles. The average Bonchev–Trinajstić information content (AvgIpc) is 3.06. The summed E-state index contributed by atoms with van der Waals surface area (Å²) in [5.41, 5.74) is 2.89. The van der Waals surface area contributed by atoms with E-state index in [4.69, 9.17) is 16.3 Å². The molecule has 0 radical (unpaired) electrons. The topological polar surface area (TPSA) is 116 Å². The Morgan fingerprint density at radius 3 is 2.71 bits per heavy atom. The van der Waals surface area contributed by atoms with Gasteiger partial charge in [0.2, 0.25) is 10.0 Å². The molecule has 2 aromatic rings. The number of sulfonamides is 1. The lowest BCUT2D eigenvalue weighted by molar-refractivity contribution is 0.0457. The molecule has 228 valence electrons. The van der Waals surface area contributed by atoms with E-state index in [-0.39, 0.29) is 30.4 Å². The Bertz CT molecular complexity index is 1450. The number of halogens is 1. The number of carbonyl (C=O) groups excluding carboxylic acids is 1. The number of allylic oxidation sites excluding steroid dienone is 1. The molecule has 5 atom stereocenters. The zero-order valence-corrected chi connectivity index (χ0v) is 25.8.